The lowest BCUT2D eigenvalue weighted by Crippen LogP contribution is -1.90. The number of nitrogens with zero attached hydrogens (tertiary/aromatic N) is 2. The number of hydrogen-bond donors (Lipinski definition) is 1. The molecule has 0 unspecified atom stereocenters. The second-order valence-corrected chi connectivity index (χ2v) is 4.39. The van der Waals surface area contributed by atoms with E-state index in [2.05, 4.69) is 10.1 Å². The third-order valence-corrected chi connectivity index (χ3v) is 3.02. The highest BCUT2D eigenvalue weighted by Crippen LogP contribution is 2.25. The summed E-state index contributed by atoms with van der Waals surface area (Å²) in [5.74, 6) is 0.991. The fraction of sp³-hybridized carbons (Fsp3) is 0.0667. The Kier molecular flexibility index (Phi) is 3.27. The Balaban J connectivity index is 1.93. The number of ether oxygens (including phenoxy) is 1. The van der Waals surface area contributed by atoms with E-state index in [0.717, 1.165) is 11.3 Å². The predicted octanol–water partition coefficient (Wildman–Crippen LogP) is 3.13. The lowest BCUT2D eigenvalue weighted by Gasteiger charge is -1.99. The van der Waals surface area contributed by atoms with Gasteiger partial charge in [-0.05, 0) is 42.5 Å². The first-order chi connectivity index (χ1) is 10.2. The fourth-order valence-electron chi connectivity index (χ4n) is 1.87. The van der Waals surface area contributed by atoms with E-state index in [9.17, 15) is 4.39 Å². The molecule has 0 aliphatic carbocycles. The van der Waals surface area contributed by atoms with Gasteiger partial charge in [-0.15, -0.1) is 0 Å². The zero-order valence-electron chi connectivity index (χ0n) is 11.2. The van der Waals surface area contributed by atoms with Gasteiger partial charge in [-0.25, -0.2) is 4.39 Å². The highest BCUT2D eigenvalue weighted by Gasteiger charge is 2.12. The lowest BCUT2D eigenvalue weighted by molar-refractivity contribution is 0.415. The van der Waals surface area contributed by atoms with E-state index in [-0.39, 0.29) is 11.6 Å². The number of halogens is 1. The van der Waals surface area contributed by atoms with Gasteiger partial charge in [-0.3, -0.25) is 0 Å². The number of methoxy groups -OCH3 is 1. The van der Waals surface area contributed by atoms with Crippen LogP contribution in [0.5, 0.6) is 5.75 Å². The fourth-order valence-corrected chi connectivity index (χ4v) is 1.87. The Morgan fingerprint density at radius 1 is 1.10 bits per heavy atom. The molecule has 0 amide bonds. The van der Waals surface area contributed by atoms with E-state index in [1.807, 2.05) is 12.1 Å². The molecule has 0 bridgehead atoms. The Bertz CT molecular complexity index is 769. The number of benzene rings is 2. The van der Waals surface area contributed by atoms with Crippen molar-refractivity contribution in [1.29, 1.82) is 0 Å². The summed E-state index contributed by atoms with van der Waals surface area (Å²) in [7, 11) is 1.60. The van der Waals surface area contributed by atoms with Gasteiger partial charge in [0.05, 0.1) is 12.8 Å². The molecule has 5 nitrogen and oxygen atoms in total. The van der Waals surface area contributed by atoms with Crippen molar-refractivity contribution in [3.63, 3.8) is 0 Å². The van der Waals surface area contributed by atoms with E-state index in [1.54, 1.807) is 19.2 Å². The van der Waals surface area contributed by atoms with Crippen LogP contribution < -0.4 is 10.5 Å². The van der Waals surface area contributed by atoms with Gasteiger partial charge in [0.15, 0.2) is 0 Å². The lowest BCUT2D eigenvalue weighted by atomic mass is 10.2. The first kappa shape index (κ1) is 13.1. The van der Waals surface area contributed by atoms with E-state index in [4.69, 9.17) is 15.0 Å². The van der Waals surface area contributed by atoms with Gasteiger partial charge in [0.25, 0.3) is 5.89 Å². The van der Waals surface area contributed by atoms with Gasteiger partial charge in [0.1, 0.15) is 11.6 Å². The largest absolute Gasteiger partial charge is 0.497 e. The number of aromatic nitrogens is 2. The smallest absolute Gasteiger partial charge is 0.258 e. The summed E-state index contributed by atoms with van der Waals surface area (Å²) < 4.78 is 23.4. The van der Waals surface area contributed by atoms with Crippen molar-refractivity contribution < 1.29 is 13.7 Å². The molecule has 2 aromatic carbocycles. The van der Waals surface area contributed by atoms with Gasteiger partial charge in [-0.1, -0.05) is 5.16 Å². The van der Waals surface area contributed by atoms with Gasteiger partial charge in [-0.2, -0.15) is 4.98 Å². The van der Waals surface area contributed by atoms with Crippen molar-refractivity contribution in [2.45, 2.75) is 0 Å². The minimum atomic E-state index is -0.478. The predicted molar refractivity (Wildman–Crippen MR) is 76.1 cm³/mol. The molecule has 0 fully saturated rings. The summed E-state index contributed by atoms with van der Waals surface area (Å²) in [6.07, 6.45) is 0. The van der Waals surface area contributed by atoms with Crippen LogP contribution in [0.4, 0.5) is 10.1 Å². The monoisotopic (exact) mass is 285 g/mol. The van der Waals surface area contributed by atoms with Gasteiger partial charge in [0, 0.05) is 11.1 Å². The molecule has 1 heterocycles. The summed E-state index contributed by atoms with van der Waals surface area (Å²) in [6, 6.07) is 11.5. The molecular formula is C15H12FN3O2. The van der Waals surface area contributed by atoms with Crippen LogP contribution in [-0.2, 0) is 0 Å². The highest BCUT2D eigenvalue weighted by molar-refractivity contribution is 5.63. The molecule has 21 heavy (non-hydrogen) atoms. The van der Waals surface area contributed by atoms with Crippen molar-refractivity contribution in [2.24, 2.45) is 0 Å². The molecule has 0 spiro atoms. The van der Waals surface area contributed by atoms with Gasteiger partial charge < -0.3 is 15.0 Å². The Hall–Kier alpha value is -2.89. The van der Waals surface area contributed by atoms with Crippen molar-refractivity contribution >= 4 is 5.69 Å². The molecule has 6 heteroatoms. The number of nitrogen functional groups attached to an aromatic ring is 1. The van der Waals surface area contributed by atoms with Crippen LogP contribution in [-0.4, -0.2) is 17.3 Å². The van der Waals surface area contributed by atoms with Crippen molar-refractivity contribution in [3.8, 4) is 28.6 Å². The molecule has 1 aromatic heterocycles. The van der Waals surface area contributed by atoms with Gasteiger partial charge in [0.2, 0.25) is 5.82 Å². The second-order valence-electron chi connectivity index (χ2n) is 4.39. The molecule has 0 saturated heterocycles. The standard InChI is InChI=1S/C15H12FN3O2/c1-20-11-5-2-9(3-6-11)14-18-15(21-19-14)10-4-7-12(16)13(17)8-10/h2-8H,17H2,1H3. The first-order valence-electron chi connectivity index (χ1n) is 6.21. The second kappa shape index (κ2) is 5.24. The normalized spacial score (nSPS) is 10.6. The van der Waals surface area contributed by atoms with Crippen LogP contribution in [0, 0.1) is 5.82 Å². The van der Waals surface area contributed by atoms with Crippen molar-refractivity contribution in [2.75, 3.05) is 12.8 Å². The molecule has 0 saturated carbocycles. The van der Waals surface area contributed by atoms with Crippen LogP contribution in [0.3, 0.4) is 0 Å². The maximum absolute atomic E-state index is 13.2. The average molecular weight is 285 g/mol. The summed E-state index contributed by atoms with van der Waals surface area (Å²) in [5, 5.41) is 3.91. The highest BCUT2D eigenvalue weighted by atomic mass is 19.1. The van der Waals surface area contributed by atoms with Crippen LogP contribution >= 0.6 is 0 Å². The number of rotatable bonds is 3. The molecule has 0 aliphatic rings. The first-order valence-corrected chi connectivity index (χ1v) is 6.21. The van der Waals surface area contributed by atoms with Crippen molar-refractivity contribution in [3.05, 3.63) is 48.3 Å². The SMILES string of the molecule is COc1ccc(-c2noc(-c3ccc(F)c(N)c3)n2)cc1. The third-order valence-electron chi connectivity index (χ3n) is 3.02. The Labute approximate surface area is 120 Å². The summed E-state index contributed by atoms with van der Waals surface area (Å²) in [4.78, 5) is 4.28. The molecule has 106 valence electrons. The molecule has 2 N–H and O–H groups in total. The quantitative estimate of drug-likeness (QED) is 0.748. The average Bonchev–Trinajstić information content (AvgIpc) is 3.00. The van der Waals surface area contributed by atoms with E-state index in [1.165, 1.54) is 18.2 Å². The number of anilines is 1. The maximum Gasteiger partial charge on any atom is 0.258 e. The Morgan fingerprint density at radius 3 is 2.48 bits per heavy atom. The van der Waals surface area contributed by atoms with E-state index < -0.39 is 5.82 Å². The number of hydrogen-bond acceptors (Lipinski definition) is 5. The molecule has 0 radical (unpaired) electrons. The topological polar surface area (TPSA) is 74.2 Å². The molecule has 0 atom stereocenters. The molecule has 3 rings (SSSR count). The van der Waals surface area contributed by atoms with E-state index >= 15 is 0 Å². The third kappa shape index (κ3) is 2.55. The summed E-state index contributed by atoms with van der Waals surface area (Å²) in [5.41, 5.74) is 6.93. The van der Waals surface area contributed by atoms with Crippen LogP contribution in [0.1, 0.15) is 0 Å². The summed E-state index contributed by atoms with van der Waals surface area (Å²) in [6.45, 7) is 0. The zero-order chi connectivity index (χ0) is 14.8. The maximum atomic E-state index is 13.2. The van der Waals surface area contributed by atoms with Gasteiger partial charge >= 0.3 is 0 Å². The zero-order valence-corrected chi connectivity index (χ0v) is 11.2. The minimum absolute atomic E-state index is 0.0386. The van der Waals surface area contributed by atoms with E-state index in [0.29, 0.717) is 11.4 Å². The molecule has 3 aromatic rings. The molecular weight excluding hydrogens is 273 g/mol. The van der Waals surface area contributed by atoms with Crippen LogP contribution in [0.2, 0.25) is 0 Å². The summed E-state index contributed by atoms with van der Waals surface area (Å²) >= 11 is 0. The molecule has 0 aliphatic heterocycles. The Morgan fingerprint density at radius 2 is 1.81 bits per heavy atom. The van der Waals surface area contributed by atoms with Crippen LogP contribution in [0.15, 0.2) is 47.0 Å². The van der Waals surface area contributed by atoms with Crippen molar-refractivity contribution in [1.82, 2.24) is 10.1 Å². The number of nitrogens with two attached hydrogens (primary N) is 1. The minimum Gasteiger partial charge on any atom is -0.497 e. The van der Waals surface area contributed by atoms with Crippen LogP contribution in [0.25, 0.3) is 22.8 Å².